The second-order valence-corrected chi connectivity index (χ2v) is 6.48. The second kappa shape index (κ2) is 6.37. The smallest absolute Gasteiger partial charge is 0.224 e. The van der Waals surface area contributed by atoms with Crippen molar-refractivity contribution in [2.75, 3.05) is 29.0 Å². The number of nitrogens with zero attached hydrogens (tertiary/aromatic N) is 1. The molecular formula is C17H27N3O. The van der Waals surface area contributed by atoms with Gasteiger partial charge < -0.3 is 16.0 Å². The molecule has 2 unspecified atom stereocenters. The number of anilines is 3. The van der Waals surface area contributed by atoms with Gasteiger partial charge >= 0.3 is 0 Å². The minimum Gasteiger partial charge on any atom is -0.397 e. The van der Waals surface area contributed by atoms with Gasteiger partial charge in [-0.3, -0.25) is 4.79 Å². The van der Waals surface area contributed by atoms with Gasteiger partial charge in [0.25, 0.3) is 0 Å². The summed E-state index contributed by atoms with van der Waals surface area (Å²) in [6.07, 6.45) is 1.74. The van der Waals surface area contributed by atoms with Crippen molar-refractivity contribution in [3.05, 3.63) is 17.7 Å². The molecule has 1 aliphatic rings. The number of hydrogen-bond acceptors (Lipinski definition) is 3. The highest BCUT2D eigenvalue weighted by Crippen LogP contribution is 2.33. The highest BCUT2D eigenvalue weighted by atomic mass is 16.1. The number of carbonyl (C=O) groups is 1. The lowest BCUT2D eigenvalue weighted by molar-refractivity contribution is -0.115. The number of amides is 1. The average Bonchev–Trinajstić information content (AvgIpc) is 2.40. The Morgan fingerprint density at radius 2 is 1.95 bits per heavy atom. The number of benzene rings is 1. The lowest BCUT2D eigenvalue weighted by Gasteiger charge is -2.37. The van der Waals surface area contributed by atoms with Gasteiger partial charge in [0.2, 0.25) is 5.91 Å². The Labute approximate surface area is 127 Å². The summed E-state index contributed by atoms with van der Waals surface area (Å²) in [6.45, 7) is 10.7. The van der Waals surface area contributed by atoms with E-state index in [0.717, 1.165) is 18.8 Å². The number of carbonyl (C=O) groups excluding carboxylic acids is 1. The number of rotatable bonds is 3. The quantitative estimate of drug-likeness (QED) is 0.838. The van der Waals surface area contributed by atoms with E-state index in [-0.39, 0.29) is 5.91 Å². The van der Waals surface area contributed by atoms with Gasteiger partial charge in [0.05, 0.1) is 11.4 Å². The molecule has 4 nitrogen and oxygen atoms in total. The molecule has 0 saturated carbocycles. The summed E-state index contributed by atoms with van der Waals surface area (Å²) < 4.78 is 0. The van der Waals surface area contributed by atoms with Crippen LogP contribution in [-0.4, -0.2) is 19.0 Å². The zero-order valence-electron chi connectivity index (χ0n) is 13.6. The van der Waals surface area contributed by atoms with Gasteiger partial charge in [0.1, 0.15) is 0 Å². The maximum Gasteiger partial charge on any atom is 0.224 e. The highest BCUT2D eigenvalue weighted by molar-refractivity contribution is 5.94. The van der Waals surface area contributed by atoms with E-state index in [9.17, 15) is 4.79 Å². The molecule has 0 radical (unpaired) electrons. The summed E-state index contributed by atoms with van der Waals surface area (Å²) in [4.78, 5) is 14.1. The SMILES string of the molecule is CCC(=O)Nc1cc(N2CC(C)CC(C)C2)c(C)cc1N. The molecule has 1 aliphatic heterocycles. The van der Waals surface area contributed by atoms with Crippen LogP contribution in [0.5, 0.6) is 0 Å². The van der Waals surface area contributed by atoms with Gasteiger partial charge in [-0.1, -0.05) is 20.8 Å². The van der Waals surface area contributed by atoms with Crippen LogP contribution in [0.25, 0.3) is 0 Å². The zero-order chi connectivity index (χ0) is 15.6. The molecule has 1 aromatic rings. The fourth-order valence-corrected chi connectivity index (χ4v) is 3.27. The first-order valence-corrected chi connectivity index (χ1v) is 7.85. The first kappa shape index (κ1) is 15.7. The predicted molar refractivity (Wildman–Crippen MR) is 89.7 cm³/mol. The van der Waals surface area contributed by atoms with E-state index in [2.05, 4.69) is 31.0 Å². The van der Waals surface area contributed by atoms with Crippen LogP contribution in [0, 0.1) is 18.8 Å². The molecule has 0 spiro atoms. The Bertz CT molecular complexity index is 517. The number of hydrogen-bond donors (Lipinski definition) is 2. The normalized spacial score (nSPS) is 22.2. The van der Waals surface area contributed by atoms with Crippen molar-refractivity contribution in [2.45, 2.75) is 40.5 Å². The Morgan fingerprint density at radius 1 is 1.33 bits per heavy atom. The second-order valence-electron chi connectivity index (χ2n) is 6.48. The first-order chi connectivity index (χ1) is 9.90. The molecule has 1 fully saturated rings. The third kappa shape index (κ3) is 3.69. The zero-order valence-corrected chi connectivity index (χ0v) is 13.6. The van der Waals surface area contributed by atoms with Crippen molar-refractivity contribution in [3.8, 4) is 0 Å². The van der Waals surface area contributed by atoms with Crippen LogP contribution in [0.2, 0.25) is 0 Å². The van der Waals surface area contributed by atoms with Gasteiger partial charge in [-0.15, -0.1) is 0 Å². The molecule has 21 heavy (non-hydrogen) atoms. The van der Waals surface area contributed by atoms with Gasteiger partial charge in [-0.2, -0.15) is 0 Å². The first-order valence-electron chi connectivity index (χ1n) is 7.85. The number of nitrogens with two attached hydrogens (primary N) is 1. The van der Waals surface area contributed by atoms with Crippen molar-refractivity contribution >= 4 is 23.0 Å². The molecule has 0 bridgehead atoms. The van der Waals surface area contributed by atoms with E-state index in [4.69, 9.17) is 5.73 Å². The largest absolute Gasteiger partial charge is 0.397 e. The molecular weight excluding hydrogens is 262 g/mol. The summed E-state index contributed by atoms with van der Waals surface area (Å²) in [6, 6.07) is 3.99. The van der Waals surface area contributed by atoms with Gasteiger partial charge in [0, 0.05) is 25.2 Å². The maximum absolute atomic E-state index is 11.6. The number of aryl methyl sites for hydroxylation is 1. The molecule has 3 N–H and O–H groups in total. The molecule has 1 saturated heterocycles. The van der Waals surface area contributed by atoms with Crippen molar-refractivity contribution in [1.82, 2.24) is 0 Å². The minimum atomic E-state index is -0.00289. The number of nitrogen functional groups attached to an aromatic ring is 1. The lowest BCUT2D eigenvalue weighted by atomic mass is 9.91. The highest BCUT2D eigenvalue weighted by Gasteiger charge is 2.23. The van der Waals surface area contributed by atoms with Crippen LogP contribution in [0.3, 0.4) is 0 Å². The fraction of sp³-hybridized carbons (Fsp3) is 0.588. The van der Waals surface area contributed by atoms with Gasteiger partial charge in [-0.05, 0) is 42.9 Å². The monoisotopic (exact) mass is 289 g/mol. The summed E-state index contributed by atoms with van der Waals surface area (Å²) in [7, 11) is 0. The van der Waals surface area contributed by atoms with E-state index in [1.165, 1.54) is 17.7 Å². The van der Waals surface area contributed by atoms with E-state index >= 15 is 0 Å². The molecule has 116 valence electrons. The Hall–Kier alpha value is -1.71. The lowest BCUT2D eigenvalue weighted by Crippen LogP contribution is -2.39. The van der Waals surface area contributed by atoms with Crippen molar-refractivity contribution < 1.29 is 4.79 Å². The molecule has 2 rings (SSSR count). The van der Waals surface area contributed by atoms with E-state index in [0.29, 0.717) is 23.9 Å². The Balaban J connectivity index is 2.30. The minimum absolute atomic E-state index is 0.00289. The number of nitrogens with one attached hydrogen (secondary N) is 1. The fourth-order valence-electron chi connectivity index (χ4n) is 3.27. The number of piperidine rings is 1. The molecule has 1 aromatic carbocycles. The molecule has 1 amide bonds. The average molecular weight is 289 g/mol. The van der Waals surface area contributed by atoms with E-state index in [1.54, 1.807) is 0 Å². The molecule has 0 aromatic heterocycles. The predicted octanol–water partition coefficient (Wildman–Crippen LogP) is 3.41. The Morgan fingerprint density at radius 3 is 2.52 bits per heavy atom. The van der Waals surface area contributed by atoms with Crippen LogP contribution in [-0.2, 0) is 4.79 Å². The molecule has 1 heterocycles. The maximum atomic E-state index is 11.6. The molecule has 2 atom stereocenters. The van der Waals surface area contributed by atoms with Crippen molar-refractivity contribution in [1.29, 1.82) is 0 Å². The van der Waals surface area contributed by atoms with E-state index in [1.807, 2.05) is 19.1 Å². The van der Waals surface area contributed by atoms with Gasteiger partial charge in [0.15, 0.2) is 0 Å². The van der Waals surface area contributed by atoms with Gasteiger partial charge in [-0.25, -0.2) is 0 Å². The molecule has 4 heteroatoms. The standard InChI is InChI=1S/C17H27N3O/c1-5-17(21)19-15-8-16(13(4)7-14(15)18)20-9-11(2)6-12(3)10-20/h7-8,11-12H,5-6,9-10,18H2,1-4H3,(H,19,21). The van der Waals surface area contributed by atoms with Crippen molar-refractivity contribution in [3.63, 3.8) is 0 Å². The Kier molecular flexibility index (Phi) is 4.76. The van der Waals surface area contributed by atoms with Crippen molar-refractivity contribution in [2.24, 2.45) is 11.8 Å². The van der Waals surface area contributed by atoms with Crippen LogP contribution >= 0.6 is 0 Å². The summed E-state index contributed by atoms with van der Waals surface area (Å²) in [5.41, 5.74) is 9.77. The van der Waals surface area contributed by atoms with Crippen LogP contribution in [0.1, 0.15) is 39.2 Å². The summed E-state index contributed by atoms with van der Waals surface area (Å²) in [5, 5.41) is 2.90. The van der Waals surface area contributed by atoms with E-state index < -0.39 is 0 Å². The third-order valence-corrected chi connectivity index (χ3v) is 4.17. The van der Waals surface area contributed by atoms with Crippen LogP contribution in [0.4, 0.5) is 17.1 Å². The topological polar surface area (TPSA) is 58.4 Å². The molecule has 0 aliphatic carbocycles. The van der Waals surface area contributed by atoms with Crippen LogP contribution in [0.15, 0.2) is 12.1 Å². The summed E-state index contributed by atoms with van der Waals surface area (Å²) >= 11 is 0. The summed E-state index contributed by atoms with van der Waals surface area (Å²) in [5.74, 6) is 1.38. The van der Waals surface area contributed by atoms with Crippen LogP contribution < -0.4 is 16.0 Å². The third-order valence-electron chi connectivity index (χ3n) is 4.17.